The van der Waals surface area contributed by atoms with Crippen LogP contribution in [-0.4, -0.2) is 47.4 Å². The molecular weight excluding hydrogens is 385 g/mol. The number of morpholine rings is 1. The molecule has 1 atom stereocenters. The molecule has 1 saturated heterocycles. The summed E-state index contributed by atoms with van der Waals surface area (Å²) < 4.78 is 46.5. The van der Waals surface area contributed by atoms with Crippen LogP contribution in [0, 0.1) is 12.7 Å². The SMILES string of the molecule is Cc1cc(S(=O)(=O)N2CCOC(c3ccc4c(N)ncnc4n3)C2)ccc1F. The Hall–Kier alpha value is -2.69. The summed E-state index contributed by atoms with van der Waals surface area (Å²) in [6.45, 7) is 2.05. The molecule has 1 aliphatic rings. The van der Waals surface area contributed by atoms with E-state index in [0.717, 1.165) is 6.07 Å². The first-order chi connectivity index (χ1) is 13.4. The first kappa shape index (κ1) is 18.7. The van der Waals surface area contributed by atoms with Crippen molar-refractivity contribution in [3.63, 3.8) is 0 Å². The van der Waals surface area contributed by atoms with Crippen molar-refractivity contribution in [1.29, 1.82) is 0 Å². The van der Waals surface area contributed by atoms with E-state index >= 15 is 0 Å². The molecule has 2 aromatic heterocycles. The van der Waals surface area contributed by atoms with Crippen LogP contribution >= 0.6 is 0 Å². The lowest BCUT2D eigenvalue weighted by atomic mass is 10.2. The first-order valence-corrected chi connectivity index (χ1v) is 10.1. The summed E-state index contributed by atoms with van der Waals surface area (Å²) in [6, 6.07) is 7.24. The maximum absolute atomic E-state index is 13.5. The molecule has 0 radical (unpaired) electrons. The minimum atomic E-state index is -3.78. The molecule has 4 rings (SSSR count). The van der Waals surface area contributed by atoms with Gasteiger partial charge in [0.05, 0.1) is 22.6 Å². The Labute approximate surface area is 161 Å². The molecule has 0 bridgehead atoms. The molecule has 0 amide bonds. The van der Waals surface area contributed by atoms with Gasteiger partial charge in [-0.25, -0.2) is 27.8 Å². The monoisotopic (exact) mass is 403 g/mol. The first-order valence-electron chi connectivity index (χ1n) is 8.61. The number of fused-ring (bicyclic) bond motifs is 1. The van der Waals surface area contributed by atoms with E-state index in [-0.39, 0.29) is 30.2 Å². The summed E-state index contributed by atoms with van der Waals surface area (Å²) in [4.78, 5) is 12.5. The zero-order valence-electron chi connectivity index (χ0n) is 15.0. The molecule has 3 heterocycles. The van der Waals surface area contributed by atoms with E-state index in [2.05, 4.69) is 15.0 Å². The molecule has 3 aromatic rings. The molecule has 1 aromatic carbocycles. The highest BCUT2D eigenvalue weighted by atomic mass is 32.2. The van der Waals surface area contributed by atoms with Crippen LogP contribution in [0.3, 0.4) is 0 Å². The van der Waals surface area contributed by atoms with Crippen molar-refractivity contribution >= 4 is 26.9 Å². The highest BCUT2D eigenvalue weighted by Gasteiger charge is 2.32. The largest absolute Gasteiger partial charge is 0.383 e. The summed E-state index contributed by atoms with van der Waals surface area (Å²) in [5.41, 5.74) is 7.07. The molecule has 1 fully saturated rings. The maximum Gasteiger partial charge on any atom is 0.243 e. The van der Waals surface area contributed by atoms with Crippen LogP contribution < -0.4 is 5.73 Å². The van der Waals surface area contributed by atoms with Gasteiger partial charge in [0.1, 0.15) is 24.1 Å². The summed E-state index contributed by atoms with van der Waals surface area (Å²) in [5, 5.41) is 0.619. The van der Waals surface area contributed by atoms with Gasteiger partial charge < -0.3 is 10.5 Å². The third-order valence-electron chi connectivity index (χ3n) is 4.68. The number of benzene rings is 1. The van der Waals surface area contributed by atoms with Crippen LogP contribution in [0.25, 0.3) is 11.0 Å². The number of pyridine rings is 1. The van der Waals surface area contributed by atoms with Gasteiger partial charge >= 0.3 is 0 Å². The van der Waals surface area contributed by atoms with Crippen LogP contribution in [0.2, 0.25) is 0 Å². The molecule has 1 aliphatic heterocycles. The number of aromatic nitrogens is 3. The number of nitrogens with zero attached hydrogens (tertiary/aromatic N) is 4. The third kappa shape index (κ3) is 3.30. The lowest BCUT2D eigenvalue weighted by Crippen LogP contribution is -2.42. The standard InChI is InChI=1S/C18H18FN5O3S/c1-11-8-12(2-4-14(11)19)28(25,26)24-6-7-27-16(9-24)15-5-3-13-17(20)21-10-22-18(13)23-15/h2-5,8,10,16H,6-7,9H2,1H3,(H2,20,21,22,23). The van der Waals surface area contributed by atoms with Crippen molar-refractivity contribution in [3.05, 3.63) is 53.7 Å². The molecule has 0 saturated carbocycles. The topological polar surface area (TPSA) is 111 Å². The molecule has 2 N–H and O–H groups in total. The molecule has 0 aliphatic carbocycles. The number of hydrogen-bond donors (Lipinski definition) is 1. The molecule has 10 heteroatoms. The van der Waals surface area contributed by atoms with Crippen molar-refractivity contribution in [3.8, 4) is 0 Å². The lowest BCUT2D eigenvalue weighted by Gasteiger charge is -2.32. The van der Waals surface area contributed by atoms with E-state index in [1.807, 2.05) is 0 Å². The quantitative estimate of drug-likeness (QED) is 0.710. The Morgan fingerprint density at radius 2 is 2.07 bits per heavy atom. The fraction of sp³-hybridized carbons (Fsp3) is 0.278. The molecule has 146 valence electrons. The number of rotatable bonds is 3. The van der Waals surface area contributed by atoms with Gasteiger partial charge in [-0.05, 0) is 42.8 Å². The van der Waals surface area contributed by atoms with Crippen molar-refractivity contribution in [2.75, 3.05) is 25.4 Å². The molecule has 28 heavy (non-hydrogen) atoms. The Bertz CT molecular complexity index is 1160. The fourth-order valence-corrected chi connectivity index (χ4v) is 4.62. The van der Waals surface area contributed by atoms with Crippen molar-refractivity contribution in [2.45, 2.75) is 17.9 Å². The summed E-state index contributed by atoms with van der Waals surface area (Å²) in [6.07, 6.45) is 0.773. The lowest BCUT2D eigenvalue weighted by molar-refractivity contribution is -0.00478. The van der Waals surface area contributed by atoms with Crippen LogP contribution in [-0.2, 0) is 14.8 Å². The van der Waals surface area contributed by atoms with E-state index in [9.17, 15) is 12.8 Å². The van der Waals surface area contributed by atoms with E-state index in [1.54, 1.807) is 12.1 Å². The summed E-state index contributed by atoms with van der Waals surface area (Å²) in [5.74, 6) is -0.120. The van der Waals surface area contributed by atoms with Gasteiger partial charge in [0.25, 0.3) is 0 Å². The number of nitrogen functional groups attached to an aromatic ring is 1. The van der Waals surface area contributed by atoms with Gasteiger partial charge in [-0.15, -0.1) is 0 Å². The second-order valence-corrected chi connectivity index (χ2v) is 8.44. The highest BCUT2D eigenvalue weighted by molar-refractivity contribution is 7.89. The van der Waals surface area contributed by atoms with E-state index in [0.29, 0.717) is 22.5 Å². The molecule has 8 nitrogen and oxygen atoms in total. The number of ether oxygens (including phenoxy) is 1. The predicted octanol–water partition coefficient (Wildman–Crippen LogP) is 1.82. The van der Waals surface area contributed by atoms with Gasteiger partial charge in [-0.1, -0.05) is 0 Å². The Morgan fingerprint density at radius 1 is 1.25 bits per heavy atom. The van der Waals surface area contributed by atoms with Crippen LogP contribution in [0.4, 0.5) is 10.2 Å². The zero-order chi connectivity index (χ0) is 19.9. The van der Waals surface area contributed by atoms with Crippen molar-refractivity contribution in [1.82, 2.24) is 19.3 Å². The fourth-order valence-electron chi connectivity index (χ4n) is 3.11. The average Bonchev–Trinajstić information content (AvgIpc) is 2.70. The maximum atomic E-state index is 13.5. The summed E-state index contributed by atoms with van der Waals surface area (Å²) in [7, 11) is -3.78. The second kappa shape index (κ2) is 7.04. The van der Waals surface area contributed by atoms with E-state index in [1.165, 1.54) is 29.7 Å². The van der Waals surface area contributed by atoms with Gasteiger partial charge in [0.15, 0.2) is 5.65 Å². The normalized spacial score (nSPS) is 18.4. The number of sulfonamides is 1. The number of hydrogen-bond acceptors (Lipinski definition) is 7. The Morgan fingerprint density at radius 3 is 2.86 bits per heavy atom. The minimum absolute atomic E-state index is 0.0547. The van der Waals surface area contributed by atoms with Crippen molar-refractivity contribution < 1.29 is 17.5 Å². The van der Waals surface area contributed by atoms with Gasteiger partial charge in [-0.2, -0.15) is 4.31 Å². The van der Waals surface area contributed by atoms with Crippen LogP contribution in [0.1, 0.15) is 17.4 Å². The van der Waals surface area contributed by atoms with Gasteiger partial charge in [0, 0.05) is 13.1 Å². The number of aryl methyl sites for hydroxylation is 1. The summed E-state index contributed by atoms with van der Waals surface area (Å²) >= 11 is 0. The van der Waals surface area contributed by atoms with Crippen LogP contribution in [0.15, 0.2) is 41.6 Å². The molecule has 0 spiro atoms. The smallest absolute Gasteiger partial charge is 0.243 e. The van der Waals surface area contributed by atoms with Crippen molar-refractivity contribution in [2.24, 2.45) is 0 Å². The number of halogens is 1. The molecule has 1 unspecified atom stereocenters. The molecular formula is C18H18FN5O3S. The Kier molecular flexibility index (Phi) is 4.69. The number of anilines is 1. The predicted molar refractivity (Wildman–Crippen MR) is 100 cm³/mol. The minimum Gasteiger partial charge on any atom is -0.383 e. The Balaban J connectivity index is 1.63. The zero-order valence-corrected chi connectivity index (χ0v) is 15.9. The highest BCUT2D eigenvalue weighted by Crippen LogP contribution is 2.27. The van der Waals surface area contributed by atoms with E-state index < -0.39 is 21.9 Å². The second-order valence-electron chi connectivity index (χ2n) is 6.50. The van der Waals surface area contributed by atoms with E-state index in [4.69, 9.17) is 10.5 Å². The average molecular weight is 403 g/mol. The van der Waals surface area contributed by atoms with Crippen LogP contribution in [0.5, 0.6) is 0 Å². The van der Waals surface area contributed by atoms with Gasteiger partial charge in [0.2, 0.25) is 10.0 Å². The number of nitrogens with two attached hydrogens (primary N) is 1. The third-order valence-corrected chi connectivity index (χ3v) is 6.54. The van der Waals surface area contributed by atoms with Gasteiger partial charge in [-0.3, -0.25) is 0 Å².